The number of benzene rings is 1. The van der Waals surface area contributed by atoms with E-state index in [2.05, 4.69) is 38.1 Å². The fourth-order valence-electron chi connectivity index (χ4n) is 4.44. The molecule has 2 fully saturated rings. The van der Waals surface area contributed by atoms with Gasteiger partial charge in [-0.1, -0.05) is 63.8 Å². The fraction of sp³-hybridized carbons (Fsp3) is 0.692. The van der Waals surface area contributed by atoms with Gasteiger partial charge in [0.25, 0.3) is 0 Å². The molecule has 0 radical (unpaired) electrons. The topological polar surface area (TPSA) is 27.7 Å². The summed E-state index contributed by atoms with van der Waals surface area (Å²) >= 11 is 0. The van der Waals surface area contributed by atoms with E-state index in [0.29, 0.717) is 12.5 Å². The number of ether oxygens (including phenoxy) is 3. The van der Waals surface area contributed by atoms with Crippen LogP contribution in [0.5, 0.6) is 5.75 Å². The number of hydrogen-bond acceptors (Lipinski definition) is 3. The molecule has 3 nitrogen and oxygen atoms in total. The molecule has 0 unspecified atom stereocenters. The Bertz CT molecular complexity index is 578. The van der Waals surface area contributed by atoms with Crippen molar-refractivity contribution < 1.29 is 14.2 Å². The van der Waals surface area contributed by atoms with Gasteiger partial charge in [-0.3, -0.25) is 0 Å². The zero-order valence-corrected chi connectivity index (χ0v) is 18.5. The first-order chi connectivity index (χ1) is 14.3. The lowest BCUT2D eigenvalue weighted by Crippen LogP contribution is -2.26. The molecular formula is C26H40O3. The highest BCUT2D eigenvalue weighted by atomic mass is 16.7. The molecular weight excluding hydrogens is 360 g/mol. The van der Waals surface area contributed by atoms with Gasteiger partial charge in [0.15, 0.2) is 6.29 Å². The second-order valence-corrected chi connectivity index (χ2v) is 8.86. The Kier molecular flexibility index (Phi) is 9.56. The van der Waals surface area contributed by atoms with E-state index in [9.17, 15) is 0 Å². The molecule has 1 saturated carbocycles. The molecule has 0 aromatic heterocycles. The van der Waals surface area contributed by atoms with E-state index in [0.717, 1.165) is 42.8 Å². The Labute approximate surface area is 177 Å². The maximum absolute atomic E-state index is 5.89. The van der Waals surface area contributed by atoms with Crippen molar-refractivity contribution in [3.8, 4) is 5.75 Å². The molecule has 3 rings (SSSR count). The Morgan fingerprint density at radius 3 is 2.31 bits per heavy atom. The Balaban J connectivity index is 1.32. The highest BCUT2D eigenvalue weighted by Gasteiger charge is 2.22. The molecule has 0 N–H and O–H groups in total. The second kappa shape index (κ2) is 12.4. The molecule has 1 heterocycles. The third-order valence-electron chi connectivity index (χ3n) is 6.56. The van der Waals surface area contributed by atoms with Gasteiger partial charge in [0, 0.05) is 11.5 Å². The van der Waals surface area contributed by atoms with Gasteiger partial charge in [-0.2, -0.15) is 0 Å². The first-order valence-electron chi connectivity index (χ1n) is 11.9. The monoisotopic (exact) mass is 400 g/mol. The molecule has 0 amide bonds. The van der Waals surface area contributed by atoms with Crippen LogP contribution >= 0.6 is 0 Å². The van der Waals surface area contributed by atoms with Gasteiger partial charge in [-0.05, 0) is 56.1 Å². The van der Waals surface area contributed by atoms with Gasteiger partial charge in [-0.15, -0.1) is 0 Å². The van der Waals surface area contributed by atoms with Crippen LogP contribution in [0, 0.1) is 17.8 Å². The van der Waals surface area contributed by atoms with Crippen molar-refractivity contribution in [2.24, 2.45) is 17.8 Å². The van der Waals surface area contributed by atoms with Crippen molar-refractivity contribution in [1.29, 1.82) is 0 Å². The maximum Gasteiger partial charge on any atom is 0.183 e. The molecule has 0 bridgehead atoms. The average Bonchev–Trinajstić information content (AvgIpc) is 2.78. The van der Waals surface area contributed by atoms with Crippen molar-refractivity contribution in [2.75, 3.05) is 19.8 Å². The summed E-state index contributed by atoms with van der Waals surface area (Å²) < 4.78 is 17.6. The molecule has 1 aliphatic carbocycles. The summed E-state index contributed by atoms with van der Waals surface area (Å²) in [5.74, 6) is 3.15. The average molecular weight is 401 g/mol. The number of rotatable bonds is 10. The second-order valence-electron chi connectivity index (χ2n) is 8.86. The highest BCUT2D eigenvalue weighted by molar-refractivity contribution is 5.28. The first kappa shape index (κ1) is 22.4. The Morgan fingerprint density at radius 2 is 1.66 bits per heavy atom. The molecule has 162 valence electrons. The number of hydrogen-bond donors (Lipinski definition) is 0. The van der Waals surface area contributed by atoms with Gasteiger partial charge in [0.2, 0.25) is 0 Å². The van der Waals surface area contributed by atoms with Gasteiger partial charge in [0.1, 0.15) is 12.4 Å². The molecule has 1 aliphatic heterocycles. The van der Waals surface area contributed by atoms with Crippen LogP contribution in [-0.2, 0) is 9.47 Å². The largest absolute Gasteiger partial charge is 0.490 e. The number of unbranched alkanes of at least 4 members (excludes halogenated alkanes) is 2. The molecule has 0 atom stereocenters. The van der Waals surface area contributed by atoms with Crippen molar-refractivity contribution in [2.45, 2.75) is 77.9 Å². The summed E-state index contributed by atoms with van der Waals surface area (Å²) in [6.45, 7) is 6.68. The smallest absolute Gasteiger partial charge is 0.183 e. The summed E-state index contributed by atoms with van der Waals surface area (Å²) in [4.78, 5) is 0. The molecule has 29 heavy (non-hydrogen) atoms. The summed E-state index contributed by atoms with van der Waals surface area (Å²) in [6.07, 6.45) is 16.6. The maximum atomic E-state index is 5.89. The Morgan fingerprint density at radius 1 is 0.931 bits per heavy atom. The minimum atomic E-state index is -0.233. The lowest BCUT2D eigenvalue weighted by atomic mass is 9.79. The minimum Gasteiger partial charge on any atom is -0.490 e. The predicted octanol–water partition coefficient (Wildman–Crippen LogP) is 7.08. The zero-order valence-electron chi connectivity index (χ0n) is 18.5. The lowest BCUT2D eigenvalue weighted by molar-refractivity contribution is -0.205. The van der Waals surface area contributed by atoms with Crippen molar-refractivity contribution >= 4 is 0 Å². The molecule has 1 saturated heterocycles. The standard InChI is InChI=1S/C26H40O3/c1-3-5-6-8-22-10-12-23(13-11-22)9-7-18-27-25-16-14-24(15-17-25)26-28-19-21(4-2)20-29-26/h7,9,14-17,21-23,26H,3-6,8,10-13,18-20H2,1-2H3/b9-7+/t21-,22-,23-,26-. The van der Waals surface area contributed by atoms with Crippen molar-refractivity contribution in [3.05, 3.63) is 42.0 Å². The third-order valence-corrected chi connectivity index (χ3v) is 6.56. The van der Waals surface area contributed by atoms with E-state index in [4.69, 9.17) is 14.2 Å². The van der Waals surface area contributed by atoms with Crippen LogP contribution < -0.4 is 4.74 Å². The highest BCUT2D eigenvalue weighted by Crippen LogP contribution is 2.32. The Hall–Kier alpha value is -1.32. The molecule has 2 aliphatic rings. The SMILES string of the molecule is CCCCC[C@H]1CC[C@H](/C=C/COc2ccc([C@H]3OC[C@H](CC)CO3)cc2)CC1. The van der Waals surface area contributed by atoms with Crippen LogP contribution in [0.25, 0.3) is 0 Å². The predicted molar refractivity (Wildman–Crippen MR) is 119 cm³/mol. The van der Waals surface area contributed by atoms with Crippen LogP contribution in [0.3, 0.4) is 0 Å². The molecule has 1 aromatic carbocycles. The summed E-state index contributed by atoms with van der Waals surface area (Å²) in [6, 6.07) is 8.14. The van der Waals surface area contributed by atoms with Crippen LogP contribution in [0.4, 0.5) is 0 Å². The lowest BCUT2D eigenvalue weighted by Gasteiger charge is -2.29. The van der Waals surface area contributed by atoms with Gasteiger partial charge < -0.3 is 14.2 Å². The summed E-state index contributed by atoms with van der Waals surface area (Å²) in [5.41, 5.74) is 1.07. The van der Waals surface area contributed by atoms with Crippen LogP contribution in [0.2, 0.25) is 0 Å². The van der Waals surface area contributed by atoms with Crippen LogP contribution in [-0.4, -0.2) is 19.8 Å². The van der Waals surface area contributed by atoms with Crippen LogP contribution in [0.15, 0.2) is 36.4 Å². The van der Waals surface area contributed by atoms with E-state index in [-0.39, 0.29) is 6.29 Å². The van der Waals surface area contributed by atoms with Crippen LogP contribution in [0.1, 0.15) is 83.5 Å². The summed E-state index contributed by atoms with van der Waals surface area (Å²) in [5, 5.41) is 0. The quantitative estimate of drug-likeness (QED) is 0.310. The van der Waals surface area contributed by atoms with E-state index in [1.807, 2.05) is 12.1 Å². The number of allylic oxidation sites excluding steroid dienone is 1. The molecule has 0 spiro atoms. The van der Waals surface area contributed by atoms with Crippen molar-refractivity contribution in [3.63, 3.8) is 0 Å². The normalized spacial score (nSPS) is 27.9. The minimum absolute atomic E-state index is 0.233. The van der Waals surface area contributed by atoms with Crippen molar-refractivity contribution in [1.82, 2.24) is 0 Å². The third kappa shape index (κ3) is 7.46. The van der Waals surface area contributed by atoms with E-state index in [1.54, 1.807) is 0 Å². The van der Waals surface area contributed by atoms with Gasteiger partial charge in [0.05, 0.1) is 13.2 Å². The van der Waals surface area contributed by atoms with E-state index >= 15 is 0 Å². The zero-order chi connectivity index (χ0) is 20.3. The first-order valence-corrected chi connectivity index (χ1v) is 11.9. The fourth-order valence-corrected chi connectivity index (χ4v) is 4.44. The van der Waals surface area contributed by atoms with E-state index < -0.39 is 0 Å². The van der Waals surface area contributed by atoms with Gasteiger partial charge >= 0.3 is 0 Å². The van der Waals surface area contributed by atoms with E-state index in [1.165, 1.54) is 51.4 Å². The van der Waals surface area contributed by atoms with Gasteiger partial charge in [-0.25, -0.2) is 0 Å². The summed E-state index contributed by atoms with van der Waals surface area (Å²) in [7, 11) is 0. The molecule has 3 heteroatoms. The molecule has 1 aromatic rings.